The van der Waals surface area contributed by atoms with Gasteiger partial charge in [-0.2, -0.15) is 0 Å². The number of carbonyl (C=O) groups excluding carboxylic acids is 7. The summed E-state index contributed by atoms with van der Waals surface area (Å²) in [6, 6.07) is 6.77. The van der Waals surface area contributed by atoms with Crippen molar-refractivity contribution >= 4 is 41.7 Å². The Morgan fingerprint density at radius 1 is 0.643 bits per heavy atom. The summed E-state index contributed by atoms with van der Waals surface area (Å²) >= 11 is 0. The molecule has 19 heteroatoms. The maximum Gasteiger partial charge on any atom is 0.303 e. The van der Waals surface area contributed by atoms with Crippen LogP contribution in [0.4, 0.5) is 0 Å². The van der Waals surface area contributed by atoms with Crippen molar-refractivity contribution in [2.75, 3.05) is 26.9 Å². The van der Waals surface area contributed by atoms with Gasteiger partial charge < -0.3 is 57.0 Å². The summed E-state index contributed by atoms with van der Waals surface area (Å²) in [6.07, 6.45) is -13.6. The van der Waals surface area contributed by atoms with E-state index in [1.54, 1.807) is 24.3 Å². The van der Waals surface area contributed by atoms with Crippen molar-refractivity contribution in [2.45, 2.75) is 116 Å². The molecule has 2 aliphatic heterocycles. The number of methoxy groups -OCH3 is 1. The predicted molar refractivity (Wildman–Crippen MR) is 187 cm³/mol. The molecular weight excluding hydrogens is 746 g/mol. The van der Waals surface area contributed by atoms with E-state index < -0.39 is 116 Å². The second-order valence-corrected chi connectivity index (χ2v) is 12.7. The lowest BCUT2D eigenvalue weighted by Gasteiger charge is -2.50. The number of hydrogen-bond acceptors (Lipinski definition) is 18. The lowest BCUT2D eigenvalue weighted by Crippen LogP contribution is -2.69. The summed E-state index contributed by atoms with van der Waals surface area (Å²) in [7, 11) is 1.50. The van der Waals surface area contributed by atoms with Crippen molar-refractivity contribution < 1.29 is 85.7 Å². The summed E-state index contributed by atoms with van der Waals surface area (Å²) in [5, 5.41) is 0. The van der Waals surface area contributed by atoms with E-state index in [9.17, 15) is 33.6 Å². The van der Waals surface area contributed by atoms with Gasteiger partial charge in [0.25, 0.3) is 0 Å². The number of amides is 1. The van der Waals surface area contributed by atoms with Gasteiger partial charge in [0.15, 0.2) is 36.9 Å². The Balaban J connectivity index is 2.22. The van der Waals surface area contributed by atoms with Gasteiger partial charge in [-0.25, -0.2) is 0 Å². The molecule has 3 rings (SSSR count). The minimum atomic E-state index is -1.73. The summed E-state index contributed by atoms with van der Waals surface area (Å²) < 4.78 is 63.7. The molecule has 0 saturated carbocycles. The van der Waals surface area contributed by atoms with Gasteiger partial charge in [0, 0.05) is 55.0 Å². The number of esters is 6. The van der Waals surface area contributed by atoms with Gasteiger partial charge in [-0.05, 0) is 17.7 Å². The number of ether oxygens (including phenoxy) is 11. The van der Waals surface area contributed by atoms with Crippen LogP contribution < -0.4 is 4.74 Å². The molecule has 1 amide bonds. The van der Waals surface area contributed by atoms with Crippen LogP contribution in [-0.4, -0.2) is 135 Å². The average Bonchev–Trinajstić information content (AvgIpc) is 3.10. The maximum atomic E-state index is 12.9. The van der Waals surface area contributed by atoms with Crippen LogP contribution >= 0.6 is 0 Å². The highest BCUT2D eigenvalue weighted by Crippen LogP contribution is 2.36. The van der Waals surface area contributed by atoms with E-state index >= 15 is 0 Å². The lowest BCUT2D eigenvalue weighted by atomic mass is 9.95. The Bertz CT molecular complexity index is 1560. The molecule has 0 spiro atoms. The topological polar surface area (TPSA) is 224 Å². The number of nitrogens with zero attached hydrogens (tertiary/aromatic N) is 1. The molecule has 10 atom stereocenters. The normalized spacial score (nSPS) is 27.1. The third-order valence-electron chi connectivity index (χ3n) is 8.24. The molecule has 2 saturated heterocycles. The smallest absolute Gasteiger partial charge is 0.303 e. The molecule has 0 bridgehead atoms. The van der Waals surface area contributed by atoms with Crippen LogP contribution in [0.25, 0.3) is 0 Å². The molecule has 1 aromatic carbocycles. The van der Waals surface area contributed by atoms with Gasteiger partial charge in [0.05, 0.1) is 13.7 Å². The second-order valence-electron chi connectivity index (χ2n) is 12.7. The molecule has 2 aliphatic rings. The van der Waals surface area contributed by atoms with E-state index in [0.717, 1.165) is 46.4 Å². The van der Waals surface area contributed by atoms with E-state index in [2.05, 4.69) is 6.58 Å². The fraction of sp³-hybridized carbons (Fsp3) is 0.595. The number of rotatable bonds is 17. The molecule has 0 N–H and O–H groups in total. The molecular formula is C37H49NO18. The van der Waals surface area contributed by atoms with Gasteiger partial charge >= 0.3 is 35.8 Å². The zero-order valence-electron chi connectivity index (χ0n) is 32.5. The van der Waals surface area contributed by atoms with Crippen molar-refractivity contribution in [1.29, 1.82) is 0 Å². The van der Waals surface area contributed by atoms with Crippen molar-refractivity contribution in [3.05, 3.63) is 42.5 Å². The second kappa shape index (κ2) is 21.3. The first-order chi connectivity index (χ1) is 26.4. The fourth-order valence-electron chi connectivity index (χ4n) is 6.07. The van der Waals surface area contributed by atoms with Gasteiger partial charge in [-0.1, -0.05) is 18.2 Å². The summed E-state index contributed by atoms with van der Waals surface area (Å²) in [6.45, 7) is 10.2. The van der Waals surface area contributed by atoms with Crippen LogP contribution in [-0.2, 0) is 87.5 Å². The number of benzene rings is 1. The number of carbonyl (C=O) groups is 7. The zero-order chi connectivity index (χ0) is 41.7. The molecule has 2 fully saturated rings. The Morgan fingerprint density at radius 3 is 1.62 bits per heavy atom. The molecule has 56 heavy (non-hydrogen) atoms. The minimum Gasteiger partial charge on any atom is -0.497 e. The third kappa shape index (κ3) is 13.0. The first kappa shape index (κ1) is 45.3. The van der Waals surface area contributed by atoms with Crippen LogP contribution in [0, 0.1) is 0 Å². The Kier molecular flexibility index (Phi) is 17.2. The van der Waals surface area contributed by atoms with Gasteiger partial charge in [-0.3, -0.25) is 33.6 Å². The Hall–Kier alpha value is -5.11. The molecule has 0 radical (unpaired) electrons. The number of hydrogen-bond donors (Lipinski definition) is 0. The Labute approximate surface area is 323 Å². The van der Waals surface area contributed by atoms with Crippen LogP contribution in [0.15, 0.2) is 36.9 Å². The highest BCUT2D eigenvalue weighted by atomic mass is 16.8. The van der Waals surface area contributed by atoms with E-state index in [1.807, 2.05) is 0 Å². The largest absolute Gasteiger partial charge is 0.497 e. The molecule has 19 nitrogen and oxygen atoms in total. The molecule has 2 heterocycles. The van der Waals surface area contributed by atoms with Crippen molar-refractivity contribution in [3.8, 4) is 5.75 Å². The minimum absolute atomic E-state index is 0.112. The molecule has 0 unspecified atom stereocenters. The highest BCUT2D eigenvalue weighted by Gasteiger charge is 2.57. The standard InChI is InChI=1S/C37H49NO18/c1-10-15-38(19(2)39)36-34(52-24(7)44)33(51-23(6)43)31(28(54-36)17-47-20(3)40)56-37-35(53-25(8)45)32(49-16-26-11-13-27(46-9)14-12-26)30(50-22(5)42)29(55-37)18-48-21(4)41/h10-14,28-37H,1,15-18H2,2-9H3/t28-,29-,30+,31-,32+,33+,34-,35-,36-,37+/m1/s1. The van der Waals surface area contributed by atoms with Crippen molar-refractivity contribution in [2.24, 2.45) is 0 Å². The van der Waals surface area contributed by atoms with Crippen molar-refractivity contribution in [1.82, 2.24) is 4.90 Å². The van der Waals surface area contributed by atoms with E-state index in [0.29, 0.717) is 11.3 Å². The first-order valence-corrected chi connectivity index (χ1v) is 17.5. The summed E-state index contributed by atoms with van der Waals surface area (Å²) in [5.41, 5.74) is 0.622. The average molecular weight is 796 g/mol. The first-order valence-electron chi connectivity index (χ1n) is 17.5. The van der Waals surface area contributed by atoms with Crippen LogP contribution in [0.1, 0.15) is 54.0 Å². The highest BCUT2D eigenvalue weighted by molar-refractivity contribution is 5.74. The van der Waals surface area contributed by atoms with Crippen LogP contribution in [0.3, 0.4) is 0 Å². The summed E-state index contributed by atoms with van der Waals surface area (Å²) in [4.78, 5) is 88.4. The lowest BCUT2D eigenvalue weighted by molar-refractivity contribution is -0.353. The van der Waals surface area contributed by atoms with Crippen LogP contribution in [0.2, 0.25) is 0 Å². The zero-order valence-corrected chi connectivity index (χ0v) is 32.5. The SMILES string of the molecule is C=CCN(C(C)=O)[C@@H]1O[C@H](COC(C)=O)[C@@H](O[C@@H]2O[C@H](COC(C)=O)[C@H](OC(C)=O)[C@H](OCc3ccc(OC)cc3)[C@H]2OC(C)=O)[C@H](OC(C)=O)[C@H]1OC(C)=O. The van der Waals surface area contributed by atoms with Gasteiger partial charge in [0.2, 0.25) is 5.91 Å². The van der Waals surface area contributed by atoms with E-state index in [-0.39, 0.29) is 13.2 Å². The van der Waals surface area contributed by atoms with E-state index in [4.69, 9.17) is 52.1 Å². The molecule has 310 valence electrons. The Morgan fingerprint density at radius 2 is 1.14 bits per heavy atom. The fourth-order valence-corrected chi connectivity index (χ4v) is 6.07. The maximum absolute atomic E-state index is 12.9. The third-order valence-corrected chi connectivity index (χ3v) is 8.24. The molecule has 1 aromatic rings. The van der Waals surface area contributed by atoms with Crippen LogP contribution in [0.5, 0.6) is 5.75 Å². The monoisotopic (exact) mass is 795 g/mol. The predicted octanol–water partition coefficient (Wildman–Crippen LogP) is 1.30. The van der Waals surface area contributed by atoms with Crippen molar-refractivity contribution in [3.63, 3.8) is 0 Å². The quantitative estimate of drug-likeness (QED) is 0.123. The molecule has 0 aliphatic carbocycles. The summed E-state index contributed by atoms with van der Waals surface area (Å²) in [5.74, 6) is -4.81. The molecule has 0 aromatic heterocycles. The van der Waals surface area contributed by atoms with E-state index in [1.165, 1.54) is 20.1 Å². The van der Waals surface area contributed by atoms with Gasteiger partial charge in [0.1, 0.15) is 43.4 Å². The van der Waals surface area contributed by atoms with Gasteiger partial charge in [-0.15, -0.1) is 6.58 Å².